The first-order valence-electron chi connectivity index (χ1n) is 10.8. The molecule has 3 aromatic rings. The Morgan fingerprint density at radius 1 is 1.12 bits per heavy atom. The summed E-state index contributed by atoms with van der Waals surface area (Å²) in [6, 6.07) is 10.7. The van der Waals surface area contributed by atoms with Crippen LogP contribution in [0, 0.1) is 13.8 Å². The lowest BCUT2D eigenvalue weighted by atomic mass is 10.0. The summed E-state index contributed by atoms with van der Waals surface area (Å²) < 4.78 is 8.67. The van der Waals surface area contributed by atoms with Crippen LogP contribution in [-0.2, 0) is 23.1 Å². The van der Waals surface area contributed by atoms with Crippen LogP contribution in [0.4, 0.5) is 0 Å². The Hall–Kier alpha value is -3.42. The molecular formula is C24H31N5O3. The highest BCUT2D eigenvalue weighted by Crippen LogP contribution is 2.25. The molecule has 0 saturated heterocycles. The summed E-state index contributed by atoms with van der Waals surface area (Å²) in [6.07, 6.45) is 0. The van der Waals surface area contributed by atoms with Crippen LogP contribution >= 0.6 is 0 Å². The smallest absolute Gasteiger partial charge is 0.333 e. The molecule has 0 bridgehead atoms. The monoisotopic (exact) mass is 437 g/mol. The van der Waals surface area contributed by atoms with Crippen molar-refractivity contribution in [3.05, 3.63) is 70.3 Å². The maximum atomic E-state index is 13.1. The molecule has 0 aliphatic carbocycles. The van der Waals surface area contributed by atoms with Crippen LogP contribution in [0.25, 0.3) is 0 Å². The van der Waals surface area contributed by atoms with Crippen molar-refractivity contribution in [1.29, 1.82) is 0 Å². The second kappa shape index (κ2) is 9.80. The zero-order valence-electron chi connectivity index (χ0n) is 19.5. The summed E-state index contributed by atoms with van der Waals surface area (Å²) in [7, 11) is 1.72. The molecule has 1 unspecified atom stereocenters. The lowest BCUT2D eigenvalue weighted by Crippen LogP contribution is -2.36. The van der Waals surface area contributed by atoms with Gasteiger partial charge in [-0.25, -0.2) is 4.79 Å². The average molecular weight is 438 g/mol. The molecular weight excluding hydrogens is 406 g/mol. The van der Waals surface area contributed by atoms with Gasteiger partial charge in [-0.1, -0.05) is 44.2 Å². The maximum absolute atomic E-state index is 13.1. The van der Waals surface area contributed by atoms with Gasteiger partial charge in [0, 0.05) is 18.3 Å². The third-order valence-corrected chi connectivity index (χ3v) is 5.42. The number of benzene rings is 1. The number of hydrogen-bond donors (Lipinski definition) is 1. The SMILES string of the molecule is CCOC(=O)C(NC(=O)c1cc(C(C)C)nn1C)c1c(C)nn(Cc2ccccc2)c1C. The molecule has 0 aliphatic rings. The quantitative estimate of drug-likeness (QED) is 0.545. The number of aromatic nitrogens is 4. The number of hydrogen-bond acceptors (Lipinski definition) is 5. The summed E-state index contributed by atoms with van der Waals surface area (Å²) in [6.45, 7) is 10.3. The van der Waals surface area contributed by atoms with E-state index in [1.165, 1.54) is 4.68 Å². The van der Waals surface area contributed by atoms with Crippen LogP contribution in [0.15, 0.2) is 36.4 Å². The Morgan fingerprint density at radius 2 is 1.81 bits per heavy atom. The van der Waals surface area contributed by atoms with Gasteiger partial charge in [-0.05, 0) is 38.3 Å². The third kappa shape index (κ3) is 4.90. The van der Waals surface area contributed by atoms with Gasteiger partial charge in [0.25, 0.3) is 5.91 Å². The van der Waals surface area contributed by atoms with E-state index in [0.29, 0.717) is 23.5 Å². The highest BCUT2D eigenvalue weighted by atomic mass is 16.5. The van der Waals surface area contributed by atoms with Crippen LogP contribution in [0.5, 0.6) is 0 Å². The molecule has 0 spiro atoms. The number of aryl methyl sites for hydroxylation is 2. The molecule has 3 rings (SSSR count). The van der Waals surface area contributed by atoms with Crippen LogP contribution < -0.4 is 5.32 Å². The van der Waals surface area contributed by atoms with Crippen LogP contribution in [0.3, 0.4) is 0 Å². The standard InChI is InChI=1S/C24H31N5O3/c1-7-32-24(31)22(25-23(30)20-13-19(15(2)3)27-28(20)6)21-16(4)26-29(17(21)5)14-18-11-9-8-10-12-18/h8-13,15,22H,7,14H2,1-6H3,(H,25,30). The van der Waals surface area contributed by atoms with Crippen LogP contribution in [0.1, 0.15) is 71.4 Å². The van der Waals surface area contributed by atoms with E-state index in [1.54, 1.807) is 20.0 Å². The Bertz CT molecular complexity index is 1100. The van der Waals surface area contributed by atoms with Crippen molar-refractivity contribution in [2.24, 2.45) is 7.05 Å². The van der Waals surface area contributed by atoms with Crippen molar-refractivity contribution in [3.8, 4) is 0 Å². The van der Waals surface area contributed by atoms with E-state index in [-0.39, 0.29) is 18.4 Å². The summed E-state index contributed by atoms with van der Waals surface area (Å²) in [5.74, 6) is -0.721. The molecule has 0 saturated carbocycles. The molecule has 1 amide bonds. The average Bonchev–Trinajstić information content (AvgIpc) is 3.27. The molecule has 1 N–H and O–H groups in total. The van der Waals surface area contributed by atoms with Crippen LogP contribution in [0.2, 0.25) is 0 Å². The number of ether oxygens (including phenoxy) is 1. The first-order valence-corrected chi connectivity index (χ1v) is 10.8. The molecule has 1 atom stereocenters. The fraction of sp³-hybridized carbons (Fsp3) is 0.417. The van der Waals surface area contributed by atoms with E-state index < -0.39 is 12.0 Å². The molecule has 170 valence electrons. The molecule has 0 radical (unpaired) electrons. The minimum atomic E-state index is -0.968. The molecule has 8 heteroatoms. The second-order valence-electron chi connectivity index (χ2n) is 8.12. The van der Waals surface area contributed by atoms with Crippen molar-refractivity contribution in [2.45, 2.75) is 53.1 Å². The van der Waals surface area contributed by atoms with E-state index in [4.69, 9.17) is 4.74 Å². The first kappa shape index (κ1) is 23.2. The summed E-state index contributed by atoms with van der Waals surface area (Å²) in [4.78, 5) is 26.0. The van der Waals surface area contributed by atoms with Gasteiger partial charge in [-0.3, -0.25) is 14.2 Å². The van der Waals surface area contributed by atoms with Crippen molar-refractivity contribution in [2.75, 3.05) is 6.61 Å². The van der Waals surface area contributed by atoms with Gasteiger partial charge in [0.15, 0.2) is 6.04 Å². The fourth-order valence-electron chi connectivity index (χ4n) is 3.70. The Kier molecular flexibility index (Phi) is 7.12. The zero-order valence-corrected chi connectivity index (χ0v) is 19.5. The number of amides is 1. The van der Waals surface area contributed by atoms with E-state index in [2.05, 4.69) is 15.5 Å². The van der Waals surface area contributed by atoms with Gasteiger partial charge in [0.1, 0.15) is 5.69 Å². The number of nitrogens with one attached hydrogen (secondary N) is 1. The van der Waals surface area contributed by atoms with Crippen molar-refractivity contribution in [3.63, 3.8) is 0 Å². The second-order valence-corrected chi connectivity index (χ2v) is 8.12. The predicted octanol–water partition coefficient (Wildman–Crippen LogP) is 3.44. The molecule has 0 aliphatic heterocycles. The molecule has 2 heterocycles. The molecule has 2 aromatic heterocycles. The summed E-state index contributed by atoms with van der Waals surface area (Å²) >= 11 is 0. The number of rotatable bonds is 8. The number of nitrogens with zero attached hydrogens (tertiary/aromatic N) is 4. The molecule has 8 nitrogen and oxygen atoms in total. The number of carbonyl (C=O) groups is 2. The first-order chi connectivity index (χ1) is 15.2. The van der Waals surface area contributed by atoms with Crippen LogP contribution in [-0.4, -0.2) is 38.0 Å². The molecule has 0 fully saturated rings. The fourth-order valence-corrected chi connectivity index (χ4v) is 3.70. The Balaban J connectivity index is 1.94. The van der Waals surface area contributed by atoms with Crippen molar-refractivity contribution in [1.82, 2.24) is 24.9 Å². The summed E-state index contributed by atoms with van der Waals surface area (Å²) in [5, 5.41) is 11.9. The van der Waals surface area contributed by atoms with Gasteiger partial charge in [0.2, 0.25) is 0 Å². The highest BCUT2D eigenvalue weighted by molar-refractivity contribution is 5.96. The predicted molar refractivity (Wildman–Crippen MR) is 121 cm³/mol. The van der Waals surface area contributed by atoms with Crippen molar-refractivity contribution < 1.29 is 14.3 Å². The largest absolute Gasteiger partial charge is 0.464 e. The third-order valence-electron chi connectivity index (χ3n) is 5.42. The maximum Gasteiger partial charge on any atom is 0.333 e. The van der Waals surface area contributed by atoms with Gasteiger partial charge in [-0.2, -0.15) is 10.2 Å². The summed E-state index contributed by atoms with van der Waals surface area (Å²) in [5.41, 5.74) is 4.42. The normalized spacial score (nSPS) is 12.1. The lowest BCUT2D eigenvalue weighted by Gasteiger charge is -2.18. The lowest BCUT2D eigenvalue weighted by molar-refractivity contribution is -0.145. The van der Waals surface area contributed by atoms with Crippen molar-refractivity contribution >= 4 is 11.9 Å². The molecule has 1 aromatic carbocycles. The van der Waals surface area contributed by atoms with Gasteiger partial charge >= 0.3 is 5.97 Å². The highest BCUT2D eigenvalue weighted by Gasteiger charge is 2.31. The Morgan fingerprint density at radius 3 is 2.41 bits per heavy atom. The van der Waals surface area contributed by atoms with E-state index in [0.717, 1.165) is 17.0 Å². The van der Waals surface area contributed by atoms with Gasteiger partial charge in [0.05, 0.1) is 24.5 Å². The van der Waals surface area contributed by atoms with E-state index in [9.17, 15) is 9.59 Å². The zero-order chi connectivity index (χ0) is 23.4. The topological polar surface area (TPSA) is 91.0 Å². The van der Waals surface area contributed by atoms with Gasteiger partial charge in [-0.15, -0.1) is 0 Å². The van der Waals surface area contributed by atoms with E-state index >= 15 is 0 Å². The Labute approximate surface area is 188 Å². The number of esters is 1. The van der Waals surface area contributed by atoms with E-state index in [1.807, 2.05) is 62.7 Å². The molecule has 32 heavy (non-hydrogen) atoms. The minimum absolute atomic E-state index is 0.185. The number of carbonyl (C=O) groups excluding carboxylic acids is 2. The van der Waals surface area contributed by atoms with Gasteiger partial charge < -0.3 is 10.1 Å². The minimum Gasteiger partial charge on any atom is -0.464 e.